The maximum atomic E-state index is 16.2. The van der Waals surface area contributed by atoms with Crippen molar-refractivity contribution in [1.82, 2.24) is 25.2 Å². The summed E-state index contributed by atoms with van der Waals surface area (Å²) in [5.74, 6) is 4.76. The van der Waals surface area contributed by atoms with Gasteiger partial charge in [0.2, 0.25) is 0 Å². The minimum Gasteiger partial charge on any atom is -0.508 e. The van der Waals surface area contributed by atoms with Crippen LogP contribution in [0.2, 0.25) is 0 Å². The highest BCUT2D eigenvalue weighted by molar-refractivity contribution is 5.91. The first-order chi connectivity index (χ1) is 21.3. The molecule has 8 nitrogen and oxygen atoms in total. The molecule has 4 aliphatic heterocycles. The zero-order valence-corrected chi connectivity index (χ0v) is 24.0. The Morgan fingerprint density at radius 3 is 2.73 bits per heavy atom. The average Bonchev–Trinajstić information content (AvgIpc) is 3.66. The topological polar surface area (TPSA) is 86.6 Å². The van der Waals surface area contributed by atoms with Gasteiger partial charge in [-0.15, -0.1) is 0 Å². The molecule has 4 saturated heterocycles. The van der Waals surface area contributed by atoms with Crippen LogP contribution in [0.3, 0.4) is 0 Å². The predicted molar refractivity (Wildman–Crippen MR) is 160 cm³/mol. The van der Waals surface area contributed by atoms with Crippen LogP contribution >= 0.6 is 0 Å². The third-order valence-corrected chi connectivity index (χ3v) is 9.65. The number of rotatable bonds is 4. The van der Waals surface area contributed by atoms with Crippen LogP contribution < -0.4 is 15.0 Å². The Hall–Kier alpha value is -4.14. The number of benzene rings is 2. The van der Waals surface area contributed by atoms with Gasteiger partial charge in [0.1, 0.15) is 35.7 Å². The van der Waals surface area contributed by atoms with Crippen molar-refractivity contribution in [3.05, 3.63) is 59.4 Å². The first-order valence-electron chi connectivity index (χ1n) is 15.2. The van der Waals surface area contributed by atoms with Crippen molar-refractivity contribution < 1.29 is 23.0 Å². The summed E-state index contributed by atoms with van der Waals surface area (Å²) in [7, 11) is 0. The second kappa shape index (κ2) is 10.5. The van der Waals surface area contributed by atoms with Gasteiger partial charge in [0.25, 0.3) is 0 Å². The van der Waals surface area contributed by atoms with Gasteiger partial charge < -0.3 is 20.1 Å². The summed E-state index contributed by atoms with van der Waals surface area (Å²) in [5, 5.41) is 15.0. The van der Waals surface area contributed by atoms with E-state index in [0.717, 1.165) is 32.2 Å². The van der Waals surface area contributed by atoms with E-state index in [1.165, 1.54) is 24.4 Å². The zero-order valence-electron chi connectivity index (χ0n) is 24.0. The molecule has 6 heterocycles. The molecule has 0 saturated carbocycles. The third kappa shape index (κ3) is 4.68. The quantitative estimate of drug-likeness (QED) is 0.333. The number of phenols is 1. The first-order valence-corrected chi connectivity index (χ1v) is 15.2. The van der Waals surface area contributed by atoms with E-state index in [2.05, 4.69) is 36.9 Å². The molecule has 226 valence electrons. The Labute approximate surface area is 252 Å². The molecule has 11 heteroatoms. The van der Waals surface area contributed by atoms with Crippen LogP contribution in [0.4, 0.5) is 19.0 Å². The van der Waals surface area contributed by atoms with Crippen LogP contribution in [0.25, 0.3) is 21.7 Å². The molecule has 2 N–H and O–H groups in total. The largest absolute Gasteiger partial charge is 0.508 e. The summed E-state index contributed by atoms with van der Waals surface area (Å²) in [6, 6.07) is 8.02. The number of nitrogens with zero attached hydrogens (tertiary/aromatic N) is 5. The highest BCUT2D eigenvalue weighted by Gasteiger charge is 2.49. The number of aromatic hydroxyl groups is 1. The number of hydrogen-bond acceptors (Lipinski definition) is 8. The number of alkyl halides is 1. The van der Waals surface area contributed by atoms with Gasteiger partial charge in [-0.1, -0.05) is 12.0 Å². The first kappa shape index (κ1) is 27.4. The number of anilines is 1. The SMILES string of the molecule is Oc1ccc2c(C#Cc3ncc4c(N5C[C@H]6CC[C@@H](C5)N6)nc(OC[C@@]56CCCN5C[C@H](F)C6)nc4c3F)c(F)ccc2c1. The Kier molecular flexibility index (Phi) is 6.54. The highest BCUT2D eigenvalue weighted by atomic mass is 19.1. The second-order valence-corrected chi connectivity index (χ2v) is 12.5. The molecular formula is C33H31F3N6O2. The van der Waals surface area contributed by atoms with Crippen molar-refractivity contribution in [2.75, 3.05) is 37.7 Å². The number of ether oxygens (including phenoxy) is 1. The van der Waals surface area contributed by atoms with Crippen LogP contribution in [0.1, 0.15) is 43.4 Å². The summed E-state index contributed by atoms with van der Waals surface area (Å²) in [4.78, 5) is 17.9. The Morgan fingerprint density at radius 1 is 1.05 bits per heavy atom. The van der Waals surface area contributed by atoms with Gasteiger partial charge in [-0.3, -0.25) is 4.90 Å². The number of piperazine rings is 1. The van der Waals surface area contributed by atoms with E-state index in [4.69, 9.17) is 9.72 Å². The molecule has 2 aromatic heterocycles. The Bertz CT molecular complexity index is 1850. The molecule has 0 unspecified atom stereocenters. The molecule has 4 aromatic rings. The number of nitrogens with one attached hydrogen (secondary N) is 1. The Morgan fingerprint density at radius 2 is 1.89 bits per heavy atom. The van der Waals surface area contributed by atoms with E-state index >= 15 is 4.39 Å². The molecule has 0 amide bonds. The van der Waals surface area contributed by atoms with Gasteiger partial charge >= 0.3 is 6.01 Å². The molecule has 0 spiro atoms. The lowest BCUT2D eigenvalue weighted by atomic mass is 9.95. The molecule has 0 aliphatic carbocycles. The van der Waals surface area contributed by atoms with Crippen LogP contribution in [0.15, 0.2) is 36.5 Å². The molecule has 2 bridgehead atoms. The number of aromatic nitrogens is 3. The molecular weight excluding hydrogens is 569 g/mol. The van der Waals surface area contributed by atoms with E-state index in [-0.39, 0.29) is 35.1 Å². The minimum atomic E-state index is -0.898. The van der Waals surface area contributed by atoms with E-state index < -0.39 is 23.3 Å². The number of hydrogen-bond donors (Lipinski definition) is 2. The van der Waals surface area contributed by atoms with Crippen molar-refractivity contribution in [3.63, 3.8) is 0 Å². The summed E-state index contributed by atoms with van der Waals surface area (Å²) in [5.41, 5.74) is -0.483. The maximum Gasteiger partial charge on any atom is 0.319 e. The lowest BCUT2D eigenvalue weighted by Gasteiger charge is -2.34. The molecule has 4 atom stereocenters. The van der Waals surface area contributed by atoms with Crippen molar-refractivity contribution in [2.45, 2.75) is 55.9 Å². The van der Waals surface area contributed by atoms with Gasteiger partial charge in [-0.25, -0.2) is 18.2 Å². The Balaban J connectivity index is 1.19. The van der Waals surface area contributed by atoms with E-state index in [0.29, 0.717) is 60.1 Å². The van der Waals surface area contributed by atoms with Crippen LogP contribution in [-0.4, -0.2) is 81.5 Å². The van der Waals surface area contributed by atoms with Gasteiger partial charge in [0.15, 0.2) is 11.5 Å². The summed E-state index contributed by atoms with van der Waals surface area (Å²) >= 11 is 0. The normalized spacial score (nSPS) is 26.2. The predicted octanol–water partition coefficient (Wildman–Crippen LogP) is 4.46. The van der Waals surface area contributed by atoms with Crippen LogP contribution in [0.5, 0.6) is 11.8 Å². The van der Waals surface area contributed by atoms with Crippen molar-refractivity contribution in [1.29, 1.82) is 0 Å². The fourth-order valence-corrected chi connectivity index (χ4v) is 7.57. The molecule has 8 rings (SSSR count). The molecule has 44 heavy (non-hydrogen) atoms. The van der Waals surface area contributed by atoms with Crippen LogP contribution in [-0.2, 0) is 0 Å². The monoisotopic (exact) mass is 600 g/mol. The molecule has 4 fully saturated rings. The molecule has 4 aliphatic rings. The van der Waals surface area contributed by atoms with Crippen LogP contribution in [0, 0.1) is 23.5 Å². The third-order valence-electron chi connectivity index (χ3n) is 9.65. The van der Waals surface area contributed by atoms with E-state index in [1.807, 2.05) is 0 Å². The zero-order chi connectivity index (χ0) is 30.0. The summed E-state index contributed by atoms with van der Waals surface area (Å²) < 4.78 is 51.6. The maximum absolute atomic E-state index is 16.2. The van der Waals surface area contributed by atoms with Crippen molar-refractivity contribution >= 4 is 27.5 Å². The van der Waals surface area contributed by atoms with Gasteiger partial charge in [-0.2, -0.15) is 9.97 Å². The van der Waals surface area contributed by atoms with Gasteiger partial charge in [0.05, 0.1) is 16.5 Å². The van der Waals surface area contributed by atoms with Gasteiger partial charge in [-0.05, 0) is 67.8 Å². The fraction of sp³-hybridized carbons (Fsp3) is 0.424. The lowest BCUT2D eigenvalue weighted by Crippen LogP contribution is -2.51. The second-order valence-electron chi connectivity index (χ2n) is 12.5. The van der Waals surface area contributed by atoms with E-state index in [9.17, 15) is 13.9 Å². The van der Waals surface area contributed by atoms with E-state index in [1.54, 1.807) is 12.1 Å². The number of pyridine rings is 1. The minimum absolute atomic E-state index is 0.0223. The molecule has 2 aromatic carbocycles. The number of halogens is 3. The van der Waals surface area contributed by atoms with Crippen molar-refractivity contribution in [2.24, 2.45) is 0 Å². The highest BCUT2D eigenvalue weighted by Crippen LogP contribution is 2.41. The smallest absolute Gasteiger partial charge is 0.319 e. The summed E-state index contributed by atoms with van der Waals surface area (Å²) in [6.45, 7) is 2.88. The lowest BCUT2D eigenvalue weighted by molar-refractivity contribution is 0.107. The fourth-order valence-electron chi connectivity index (χ4n) is 7.57. The summed E-state index contributed by atoms with van der Waals surface area (Å²) in [6.07, 6.45) is 4.95. The standard InChI is InChI=1S/C33H31F3N6O2/c34-20-13-33(10-1-11-42(33)15-20)18-44-32-39-30-26(31(40-32)41-16-21-3-4-22(17-41)38-21)14-37-28(29(30)36)9-7-25-24-6-5-23(43)12-19(24)2-8-27(25)35/h2,5-6,8,12,14,20-22,38,43H,1,3-4,10-11,13,15-18H2/t20-,21-,22+,33+/m1/s1. The number of phenolic OH excluding ortho intramolecular Hbond substituents is 1. The average molecular weight is 601 g/mol. The molecule has 0 radical (unpaired) electrons. The van der Waals surface area contributed by atoms with Crippen molar-refractivity contribution in [3.8, 4) is 23.6 Å². The number of fused-ring (bicyclic) bond motifs is 5. The van der Waals surface area contributed by atoms with Gasteiger partial charge in [0, 0.05) is 49.7 Å².